The van der Waals surface area contributed by atoms with Crippen molar-refractivity contribution in [2.75, 3.05) is 31.1 Å². The Morgan fingerprint density at radius 3 is 2.84 bits per heavy atom. The van der Waals surface area contributed by atoms with Crippen LogP contribution in [-0.4, -0.2) is 38.0 Å². The number of hydrogen-bond donors (Lipinski definition) is 2. The molecule has 2 aliphatic rings. The van der Waals surface area contributed by atoms with Gasteiger partial charge in [-0.1, -0.05) is 23.2 Å². The van der Waals surface area contributed by atoms with Crippen molar-refractivity contribution in [3.05, 3.63) is 28.2 Å². The average Bonchev–Trinajstić information content (AvgIpc) is 3.00. The van der Waals surface area contributed by atoms with Crippen molar-refractivity contribution in [2.24, 2.45) is 11.8 Å². The zero-order chi connectivity index (χ0) is 17.8. The van der Waals surface area contributed by atoms with Gasteiger partial charge in [0.2, 0.25) is 11.8 Å². The lowest BCUT2D eigenvalue weighted by Crippen LogP contribution is -2.38. The molecular formula is C18H23Cl2N3O2. The Morgan fingerprint density at radius 2 is 2.12 bits per heavy atom. The number of nitrogens with zero attached hydrogens (tertiary/aromatic N) is 1. The summed E-state index contributed by atoms with van der Waals surface area (Å²) in [6.07, 6.45) is 3.88. The minimum Gasteiger partial charge on any atom is -0.355 e. The summed E-state index contributed by atoms with van der Waals surface area (Å²) in [7, 11) is 0. The molecule has 3 rings (SSSR count). The van der Waals surface area contributed by atoms with E-state index in [-0.39, 0.29) is 11.8 Å². The second-order valence-corrected chi connectivity index (χ2v) is 7.54. The standard InChI is InChI=1S/C18H23Cl2N3O2/c19-15-4-3-13(10-16(15)20)23-9-6-14(18(23)25)17(24)22-8-5-12-2-1-7-21-11-12/h3-4,10,12,14,21H,1-2,5-9,11H2,(H,22,24). The Morgan fingerprint density at radius 1 is 1.28 bits per heavy atom. The Hall–Kier alpha value is -1.30. The van der Waals surface area contributed by atoms with E-state index in [4.69, 9.17) is 23.2 Å². The fraction of sp³-hybridized carbons (Fsp3) is 0.556. The van der Waals surface area contributed by atoms with E-state index in [2.05, 4.69) is 10.6 Å². The van der Waals surface area contributed by atoms with Gasteiger partial charge in [0.1, 0.15) is 5.92 Å². The number of carbonyl (C=O) groups is 2. The molecule has 0 bridgehead atoms. The number of hydrogen-bond acceptors (Lipinski definition) is 3. The van der Waals surface area contributed by atoms with Gasteiger partial charge in [0, 0.05) is 18.8 Å². The molecule has 0 aliphatic carbocycles. The second-order valence-electron chi connectivity index (χ2n) is 6.72. The summed E-state index contributed by atoms with van der Waals surface area (Å²) in [6, 6.07) is 5.08. The monoisotopic (exact) mass is 383 g/mol. The molecule has 5 nitrogen and oxygen atoms in total. The van der Waals surface area contributed by atoms with Crippen LogP contribution in [0, 0.1) is 11.8 Å². The zero-order valence-electron chi connectivity index (χ0n) is 14.1. The molecule has 2 N–H and O–H groups in total. The summed E-state index contributed by atoms with van der Waals surface area (Å²) >= 11 is 11.9. The average molecular weight is 384 g/mol. The van der Waals surface area contributed by atoms with E-state index in [1.807, 2.05) is 0 Å². The zero-order valence-corrected chi connectivity index (χ0v) is 15.6. The Labute approximate surface area is 158 Å². The normalized spacial score (nSPS) is 23.8. The summed E-state index contributed by atoms with van der Waals surface area (Å²) in [6.45, 7) is 3.25. The third-order valence-corrected chi connectivity index (χ3v) is 5.73. The predicted octanol–water partition coefficient (Wildman–Crippen LogP) is 2.85. The molecule has 2 amide bonds. The number of halogens is 2. The highest BCUT2D eigenvalue weighted by Crippen LogP contribution is 2.31. The largest absolute Gasteiger partial charge is 0.355 e. The highest BCUT2D eigenvalue weighted by atomic mass is 35.5. The summed E-state index contributed by atoms with van der Waals surface area (Å²) in [4.78, 5) is 26.6. The smallest absolute Gasteiger partial charge is 0.239 e. The highest BCUT2D eigenvalue weighted by Gasteiger charge is 2.37. The number of rotatable bonds is 5. The topological polar surface area (TPSA) is 61.4 Å². The lowest BCUT2D eigenvalue weighted by molar-refractivity contribution is -0.132. The molecule has 2 fully saturated rings. The van der Waals surface area contributed by atoms with Crippen LogP contribution in [-0.2, 0) is 9.59 Å². The summed E-state index contributed by atoms with van der Waals surface area (Å²) in [5.41, 5.74) is 0.683. The van der Waals surface area contributed by atoms with Crippen LogP contribution in [0.3, 0.4) is 0 Å². The van der Waals surface area contributed by atoms with E-state index in [1.165, 1.54) is 12.8 Å². The maximum atomic E-state index is 12.6. The first-order valence-electron chi connectivity index (χ1n) is 8.81. The molecule has 0 aromatic heterocycles. The number of carbonyl (C=O) groups excluding carboxylic acids is 2. The first-order valence-corrected chi connectivity index (χ1v) is 9.56. The van der Waals surface area contributed by atoms with Crippen LogP contribution in [0.25, 0.3) is 0 Å². The van der Waals surface area contributed by atoms with Crippen molar-refractivity contribution < 1.29 is 9.59 Å². The molecule has 1 aromatic carbocycles. The molecule has 0 radical (unpaired) electrons. The molecule has 2 heterocycles. The van der Waals surface area contributed by atoms with Crippen molar-refractivity contribution >= 4 is 40.7 Å². The van der Waals surface area contributed by atoms with E-state index in [0.29, 0.717) is 41.2 Å². The second kappa shape index (κ2) is 8.39. The van der Waals surface area contributed by atoms with Gasteiger partial charge in [-0.3, -0.25) is 9.59 Å². The Balaban J connectivity index is 1.52. The maximum Gasteiger partial charge on any atom is 0.239 e. The van der Waals surface area contributed by atoms with Gasteiger partial charge in [-0.2, -0.15) is 0 Å². The van der Waals surface area contributed by atoms with E-state index in [0.717, 1.165) is 19.5 Å². The van der Waals surface area contributed by atoms with Gasteiger partial charge >= 0.3 is 0 Å². The van der Waals surface area contributed by atoms with E-state index < -0.39 is 5.92 Å². The van der Waals surface area contributed by atoms with Crippen LogP contribution >= 0.6 is 23.2 Å². The molecule has 2 atom stereocenters. The van der Waals surface area contributed by atoms with Gasteiger partial charge < -0.3 is 15.5 Å². The molecular weight excluding hydrogens is 361 g/mol. The van der Waals surface area contributed by atoms with Gasteiger partial charge in [-0.05, 0) is 62.9 Å². The number of benzene rings is 1. The van der Waals surface area contributed by atoms with Gasteiger partial charge in [0.25, 0.3) is 0 Å². The SMILES string of the molecule is O=C(NCCC1CCCNC1)C1CCN(c2ccc(Cl)c(Cl)c2)C1=O. The number of nitrogens with one attached hydrogen (secondary N) is 2. The minimum atomic E-state index is -0.612. The number of piperidine rings is 1. The Kier molecular flexibility index (Phi) is 6.20. The van der Waals surface area contributed by atoms with Crippen molar-refractivity contribution in [1.82, 2.24) is 10.6 Å². The van der Waals surface area contributed by atoms with Crippen LogP contribution in [0.15, 0.2) is 18.2 Å². The van der Waals surface area contributed by atoms with Gasteiger partial charge in [0.15, 0.2) is 0 Å². The molecule has 2 unspecified atom stereocenters. The third kappa shape index (κ3) is 4.46. The molecule has 7 heteroatoms. The van der Waals surface area contributed by atoms with Crippen LogP contribution < -0.4 is 15.5 Å². The lowest BCUT2D eigenvalue weighted by atomic mass is 9.96. The van der Waals surface area contributed by atoms with Crippen LogP contribution in [0.4, 0.5) is 5.69 Å². The molecule has 25 heavy (non-hydrogen) atoms. The summed E-state index contributed by atoms with van der Waals surface area (Å²) < 4.78 is 0. The number of amides is 2. The molecule has 0 saturated carbocycles. The fourth-order valence-corrected chi connectivity index (χ4v) is 3.82. The van der Waals surface area contributed by atoms with Gasteiger partial charge in [-0.25, -0.2) is 0 Å². The van der Waals surface area contributed by atoms with E-state index in [1.54, 1.807) is 23.1 Å². The van der Waals surface area contributed by atoms with Gasteiger partial charge in [0.05, 0.1) is 10.0 Å². The lowest BCUT2D eigenvalue weighted by Gasteiger charge is -2.23. The van der Waals surface area contributed by atoms with E-state index >= 15 is 0 Å². The summed E-state index contributed by atoms with van der Waals surface area (Å²) in [5, 5.41) is 7.16. The van der Waals surface area contributed by atoms with Gasteiger partial charge in [-0.15, -0.1) is 0 Å². The molecule has 0 spiro atoms. The molecule has 2 aliphatic heterocycles. The van der Waals surface area contributed by atoms with Crippen molar-refractivity contribution in [3.8, 4) is 0 Å². The minimum absolute atomic E-state index is 0.170. The van der Waals surface area contributed by atoms with Crippen LogP contribution in [0.1, 0.15) is 25.7 Å². The first kappa shape index (κ1) is 18.5. The first-order chi connectivity index (χ1) is 12.1. The van der Waals surface area contributed by atoms with Crippen LogP contribution in [0.5, 0.6) is 0 Å². The number of anilines is 1. The molecule has 2 saturated heterocycles. The van der Waals surface area contributed by atoms with Crippen molar-refractivity contribution in [3.63, 3.8) is 0 Å². The maximum absolute atomic E-state index is 12.6. The predicted molar refractivity (Wildman–Crippen MR) is 100 cm³/mol. The van der Waals surface area contributed by atoms with Crippen molar-refractivity contribution in [2.45, 2.75) is 25.7 Å². The third-order valence-electron chi connectivity index (χ3n) is 4.99. The fourth-order valence-electron chi connectivity index (χ4n) is 3.53. The highest BCUT2D eigenvalue weighted by molar-refractivity contribution is 6.42. The quantitative estimate of drug-likeness (QED) is 0.768. The summed E-state index contributed by atoms with van der Waals surface area (Å²) in [5.74, 6) is -0.341. The van der Waals surface area contributed by atoms with E-state index in [9.17, 15) is 9.59 Å². The van der Waals surface area contributed by atoms with Crippen molar-refractivity contribution in [1.29, 1.82) is 0 Å². The molecule has 136 valence electrons. The molecule has 1 aromatic rings. The van der Waals surface area contributed by atoms with Crippen LogP contribution in [0.2, 0.25) is 10.0 Å². The Bertz CT molecular complexity index is 647.